The Bertz CT molecular complexity index is 472. The van der Waals surface area contributed by atoms with Gasteiger partial charge in [-0.2, -0.15) is 0 Å². The zero-order chi connectivity index (χ0) is 15.5. The van der Waals surface area contributed by atoms with Gasteiger partial charge < -0.3 is 5.73 Å². The lowest BCUT2D eigenvalue weighted by Crippen LogP contribution is -2.51. The molecule has 3 heteroatoms. The summed E-state index contributed by atoms with van der Waals surface area (Å²) in [5, 5.41) is 0. The Morgan fingerprint density at radius 2 is 1.95 bits per heavy atom. The van der Waals surface area contributed by atoms with Crippen LogP contribution in [0.25, 0.3) is 0 Å². The maximum atomic E-state index is 6.23. The molecule has 2 N–H and O–H groups in total. The molecule has 0 amide bonds. The van der Waals surface area contributed by atoms with E-state index in [-0.39, 0.29) is 5.54 Å². The highest BCUT2D eigenvalue weighted by molar-refractivity contribution is 9.10. The number of likely N-dealkylation sites (N-methyl/N-ethyl adjacent to an activating group) is 1. The molecule has 1 atom stereocenters. The van der Waals surface area contributed by atoms with Gasteiger partial charge in [0.25, 0.3) is 0 Å². The minimum atomic E-state index is 0.163. The second kappa shape index (κ2) is 6.80. The lowest BCUT2D eigenvalue weighted by molar-refractivity contribution is 0.0961. The predicted octanol–water partition coefficient (Wildman–Crippen LogP) is 4.57. The van der Waals surface area contributed by atoms with Gasteiger partial charge in [-0.05, 0) is 55.8 Å². The molecule has 0 saturated heterocycles. The normalized spacial score (nSPS) is 25.8. The van der Waals surface area contributed by atoms with Crippen molar-refractivity contribution < 1.29 is 0 Å². The third kappa shape index (κ3) is 4.30. The molecule has 1 saturated carbocycles. The molecule has 1 unspecified atom stereocenters. The van der Waals surface area contributed by atoms with Crippen molar-refractivity contribution in [1.82, 2.24) is 4.90 Å². The minimum absolute atomic E-state index is 0.163. The van der Waals surface area contributed by atoms with Crippen molar-refractivity contribution in [3.8, 4) is 0 Å². The third-order valence-electron chi connectivity index (χ3n) is 5.26. The molecule has 118 valence electrons. The molecule has 21 heavy (non-hydrogen) atoms. The molecule has 0 bridgehead atoms. The van der Waals surface area contributed by atoms with Gasteiger partial charge in [0.2, 0.25) is 0 Å². The number of hydrogen-bond donors (Lipinski definition) is 1. The quantitative estimate of drug-likeness (QED) is 0.804. The second-order valence-electron chi connectivity index (χ2n) is 7.43. The van der Waals surface area contributed by atoms with E-state index in [1.165, 1.54) is 37.7 Å². The van der Waals surface area contributed by atoms with Gasteiger partial charge >= 0.3 is 0 Å². The first-order valence-corrected chi connectivity index (χ1v) is 8.82. The first-order chi connectivity index (χ1) is 9.87. The third-order valence-corrected chi connectivity index (χ3v) is 5.75. The highest BCUT2D eigenvalue weighted by Gasteiger charge is 2.37. The van der Waals surface area contributed by atoms with Crippen LogP contribution in [0.15, 0.2) is 28.7 Å². The van der Waals surface area contributed by atoms with Crippen molar-refractivity contribution in [2.45, 2.75) is 58.0 Å². The van der Waals surface area contributed by atoms with E-state index in [9.17, 15) is 0 Å². The maximum Gasteiger partial charge on any atom is 0.0332 e. The Kier molecular flexibility index (Phi) is 5.50. The average molecular weight is 353 g/mol. The van der Waals surface area contributed by atoms with Crippen LogP contribution in [0.4, 0.5) is 0 Å². The van der Waals surface area contributed by atoms with E-state index >= 15 is 0 Å². The van der Waals surface area contributed by atoms with E-state index in [4.69, 9.17) is 5.73 Å². The lowest BCUT2D eigenvalue weighted by atomic mass is 9.83. The molecule has 0 aromatic heterocycles. The number of hydrogen-bond acceptors (Lipinski definition) is 2. The Morgan fingerprint density at radius 3 is 2.62 bits per heavy atom. The van der Waals surface area contributed by atoms with Gasteiger partial charge in [0.05, 0.1) is 0 Å². The summed E-state index contributed by atoms with van der Waals surface area (Å²) in [6.07, 6.45) is 6.30. The van der Waals surface area contributed by atoms with E-state index in [0.717, 1.165) is 17.6 Å². The van der Waals surface area contributed by atoms with Crippen LogP contribution in [0.2, 0.25) is 0 Å². The van der Waals surface area contributed by atoms with Crippen molar-refractivity contribution in [1.29, 1.82) is 0 Å². The van der Waals surface area contributed by atoms with Gasteiger partial charge in [0.15, 0.2) is 0 Å². The zero-order valence-corrected chi connectivity index (χ0v) is 15.2. The van der Waals surface area contributed by atoms with Crippen LogP contribution in [-0.2, 0) is 6.54 Å². The molecular weight excluding hydrogens is 324 g/mol. The van der Waals surface area contributed by atoms with E-state index in [2.05, 4.69) is 66.0 Å². The number of nitrogens with two attached hydrogens (primary N) is 1. The monoisotopic (exact) mass is 352 g/mol. The smallest absolute Gasteiger partial charge is 0.0332 e. The van der Waals surface area contributed by atoms with Crippen molar-refractivity contribution in [3.63, 3.8) is 0 Å². The Hall–Kier alpha value is -0.380. The maximum absolute atomic E-state index is 6.23. The van der Waals surface area contributed by atoms with E-state index in [1.54, 1.807) is 0 Å². The molecule has 0 heterocycles. The van der Waals surface area contributed by atoms with E-state index in [1.807, 2.05) is 0 Å². The molecule has 1 aromatic rings. The summed E-state index contributed by atoms with van der Waals surface area (Å²) in [6, 6.07) is 8.60. The van der Waals surface area contributed by atoms with Crippen LogP contribution in [0.5, 0.6) is 0 Å². The molecule has 1 fully saturated rings. The fraction of sp³-hybridized carbons (Fsp3) is 0.667. The molecule has 2 nitrogen and oxygen atoms in total. The Morgan fingerprint density at radius 1 is 1.19 bits per heavy atom. The second-order valence-corrected chi connectivity index (χ2v) is 8.35. The molecule has 1 aliphatic carbocycles. The molecule has 0 aliphatic heterocycles. The number of rotatable bonds is 4. The van der Waals surface area contributed by atoms with Crippen LogP contribution in [0.1, 0.15) is 51.5 Å². The topological polar surface area (TPSA) is 29.3 Å². The predicted molar refractivity (Wildman–Crippen MR) is 94.3 cm³/mol. The average Bonchev–Trinajstić information content (AvgIpc) is 2.58. The first kappa shape index (κ1) is 17.0. The van der Waals surface area contributed by atoms with Crippen molar-refractivity contribution in [2.24, 2.45) is 11.1 Å². The highest BCUT2D eigenvalue weighted by atomic mass is 79.9. The highest BCUT2D eigenvalue weighted by Crippen LogP contribution is 2.40. The lowest BCUT2D eigenvalue weighted by Gasteiger charge is -2.41. The summed E-state index contributed by atoms with van der Waals surface area (Å²) in [6.45, 7) is 6.52. The SMILES string of the molecule is CN(Cc1cccc(Br)c1)C1(CN)CCCC(C)(C)CC1. The van der Waals surface area contributed by atoms with E-state index < -0.39 is 0 Å². The summed E-state index contributed by atoms with van der Waals surface area (Å²) >= 11 is 3.56. The zero-order valence-electron chi connectivity index (χ0n) is 13.7. The number of halogens is 1. The standard InChI is InChI=1S/C18H29BrN2/c1-17(2)8-5-9-18(14-20,11-10-17)21(3)13-15-6-4-7-16(19)12-15/h4,6-7,12H,5,8-11,13-14,20H2,1-3H3. The van der Waals surface area contributed by atoms with Crippen molar-refractivity contribution in [2.75, 3.05) is 13.6 Å². The van der Waals surface area contributed by atoms with Crippen LogP contribution in [0.3, 0.4) is 0 Å². The fourth-order valence-corrected chi connectivity index (χ4v) is 3.98. The van der Waals surface area contributed by atoms with Gasteiger partial charge in [0.1, 0.15) is 0 Å². The molecule has 0 spiro atoms. The molecule has 2 rings (SSSR count). The first-order valence-electron chi connectivity index (χ1n) is 8.03. The molecule has 0 radical (unpaired) electrons. The summed E-state index contributed by atoms with van der Waals surface area (Å²) in [4.78, 5) is 2.50. The summed E-state index contributed by atoms with van der Waals surface area (Å²) in [7, 11) is 2.24. The summed E-state index contributed by atoms with van der Waals surface area (Å²) in [5.41, 5.74) is 8.21. The van der Waals surface area contributed by atoms with Gasteiger partial charge in [-0.1, -0.05) is 48.3 Å². The molecule has 1 aliphatic rings. The Labute approximate surface area is 138 Å². The van der Waals surface area contributed by atoms with E-state index in [0.29, 0.717) is 5.41 Å². The number of nitrogens with zero attached hydrogens (tertiary/aromatic N) is 1. The number of benzene rings is 1. The van der Waals surface area contributed by atoms with Crippen LogP contribution < -0.4 is 5.73 Å². The van der Waals surface area contributed by atoms with Gasteiger partial charge in [-0.25, -0.2) is 0 Å². The van der Waals surface area contributed by atoms with Crippen LogP contribution >= 0.6 is 15.9 Å². The van der Waals surface area contributed by atoms with Gasteiger partial charge in [-0.15, -0.1) is 0 Å². The summed E-state index contributed by atoms with van der Waals surface area (Å²) in [5.74, 6) is 0. The van der Waals surface area contributed by atoms with Gasteiger partial charge in [0, 0.05) is 23.1 Å². The molecule has 1 aromatic carbocycles. The minimum Gasteiger partial charge on any atom is -0.329 e. The molecular formula is C18H29BrN2. The largest absolute Gasteiger partial charge is 0.329 e. The Balaban J connectivity index is 2.12. The summed E-state index contributed by atoms with van der Waals surface area (Å²) < 4.78 is 1.15. The fourth-order valence-electron chi connectivity index (χ4n) is 3.54. The van der Waals surface area contributed by atoms with Gasteiger partial charge in [-0.3, -0.25) is 4.90 Å². The van der Waals surface area contributed by atoms with Crippen molar-refractivity contribution in [3.05, 3.63) is 34.3 Å². The van der Waals surface area contributed by atoms with Crippen LogP contribution in [-0.4, -0.2) is 24.0 Å². The van der Waals surface area contributed by atoms with Crippen LogP contribution in [0, 0.1) is 5.41 Å². The van der Waals surface area contributed by atoms with Crippen molar-refractivity contribution >= 4 is 15.9 Å².